The molecule has 2 rings (SSSR count). The van der Waals surface area contributed by atoms with E-state index < -0.39 is 0 Å². The molecular formula is C7H7N. The van der Waals surface area contributed by atoms with Gasteiger partial charge in [0.05, 0.1) is 5.70 Å². The Morgan fingerprint density at radius 2 is 2.38 bits per heavy atom. The average molecular weight is 105 g/mol. The van der Waals surface area contributed by atoms with Crippen LogP contribution in [-0.2, 0) is 0 Å². The number of aliphatic imine (C=N–C) groups is 1. The lowest BCUT2D eigenvalue weighted by Gasteiger charge is -1.85. The van der Waals surface area contributed by atoms with Crippen LogP contribution in [0.2, 0.25) is 0 Å². The Labute approximate surface area is 48.4 Å². The lowest BCUT2D eigenvalue weighted by atomic mass is 10.2. The number of allylic oxidation sites excluding steroid dienone is 3. The highest BCUT2D eigenvalue weighted by molar-refractivity contribution is 5.72. The Morgan fingerprint density at radius 3 is 3.25 bits per heavy atom. The molecule has 0 amide bonds. The molecule has 8 heavy (non-hydrogen) atoms. The zero-order valence-corrected chi connectivity index (χ0v) is 4.59. The van der Waals surface area contributed by atoms with Crippen molar-refractivity contribution in [1.29, 1.82) is 0 Å². The Balaban J connectivity index is 2.48. The van der Waals surface area contributed by atoms with Crippen LogP contribution in [0, 0.1) is 0 Å². The fraction of sp³-hybridized carbons (Fsp3) is 0.286. The van der Waals surface area contributed by atoms with Gasteiger partial charge in [-0.05, 0) is 12.0 Å². The zero-order valence-electron chi connectivity index (χ0n) is 4.59. The molecule has 0 atom stereocenters. The van der Waals surface area contributed by atoms with Gasteiger partial charge in [-0.3, -0.25) is 4.99 Å². The maximum absolute atomic E-state index is 4.17. The topological polar surface area (TPSA) is 12.4 Å². The Morgan fingerprint density at radius 1 is 1.38 bits per heavy atom. The molecule has 2 aliphatic rings. The van der Waals surface area contributed by atoms with Gasteiger partial charge in [-0.1, -0.05) is 12.2 Å². The van der Waals surface area contributed by atoms with Gasteiger partial charge in [0.1, 0.15) is 0 Å². The number of nitrogens with zero attached hydrogens (tertiary/aromatic N) is 1. The van der Waals surface area contributed by atoms with Crippen LogP contribution >= 0.6 is 0 Å². The summed E-state index contributed by atoms with van der Waals surface area (Å²) in [5.74, 6) is 0. The van der Waals surface area contributed by atoms with Crippen molar-refractivity contribution in [3.63, 3.8) is 0 Å². The predicted molar refractivity (Wildman–Crippen MR) is 33.9 cm³/mol. The molecule has 1 heterocycles. The van der Waals surface area contributed by atoms with E-state index in [4.69, 9.17) is 0 Å². The highest BCUT2D eigenvalue weighted by atomic mass is 14.8. The van der Waals surface area contributed by atoms with Gasteiger partial charge in [0.15, 0.2) is 0 Å². The van der Waals surface area contributed by atoms with E-state index in [-0.39, 0.29) is 0 Å². The van der Waals surface area contributed by atoms with Crippen LogP contribution < -0.4 is 0 Å². The number of hydrogen-bond donors (Lipinski definition) is 0. The molecule has 0 bridgehead atoms. The van der Waals surface area contributed by atoms with Crippen molar-refractivity contribution < 1.29 is 0 Å². The fourth-order valence-corrected chi connectivity index (χ4v) is 1.11. The molecule has 0 N–H and O–H groups in total. The van der Waals surface area contributed by atoms with E-state index in [0.717, 1.165) is 12.8 Å². The molecule has 0 unspecified atom stereocenters. The van der Waals surface area contributed by atoms with Gasteiger partial charge in [0.2, 0.25) is 0 Å². The number of rotatable bonds is 0. The quantitative estimate of drug-likeness (QED) is 0.444. The van der Waals surface area contributed by atoms with Gasteiger partial charge >= 0.3 is 0 Å². The second-order valence-corrected chi connectivity index (χ2v) is 2.07. The van der Waals surface area contributed by atoms with E-state index in [1.165, 1.54) is 11.3 Å². The Hall–Kier alpha value is -0.850. The Bertz CT molecular complexity index is 196. The third kappa shape index (κ3) is 0.386. The molecule has 0 radical (unpaired) electrons. The van der Waals surface area contributed by atoms with Crippen molar-refractivity contribution >= 4 is 6.21 Å². The minimum absolute atomic E-state index is 1.06. The molecule has 40 valence electrons. The SMILES string of the molecule is C1=NC2=CCC=C2C1. The normalized spacial score (nSPS) is 23.0. The fourth-order valence-electron chi connectivity index (χ4n) is 1.11. The largest absolute Gasteiger partial charge is 0.261 e. The first-order valence-electron chi connectivity index (χ1n) is 2.89. The first kappa shape index (κ1) is 4.07. The second kappa shape index (κ2) is 1.31. The van der Waals surface area contributed by atoms with Crippen molar-refractivity contribution in [3.05, 3.63) is 23.4 Å². The minimum atomic E-state index is 1.06. The molecular weight excluding hydrogens is 98.1 g/mol. The van der Waals surface area contributed by atoms with Gasteiger partial charge in [-0.25, -0.2) is 0 Å². The number of fused-ring (bicyclic) bond motifs is 1. The molecule has 0 spiro atoms. The first-order valence-corrected chi connectivity index (χ1v) is 2.89. The molecule has 0 fully saturated rings. The van der Waals surface area contributed by atoms with Crippen LogP contribution in [-0.4, -0.2) is 6.21 Å². The van der Waals surface area contributed by atoms with Crippen LogP contribution in [0.1, 0.15) is 12.8 Å². The third-order valence-electron chi connectivity index (χ3n) is 1.55. The highest BCUT2D eigenvalue weighted by Crippen LogP contribution is 2.26. The monoisotopic (exact) mass is 105 g/mol. The lowest BCUT2D eigenvalue weighted by molar-refractivity contribution is 1.36. The standard InChI is InChI=1S/C7H7N/c1-2-6-4-5-8-7(6)3-1/h2-3,5H,1,4H2. The molecule has 0 aromatic carbocycles. The minimum Gasteiger partial charge on any atom is -0.261 e. The van der Waals surface area contributed by atoms with Crippen molar-refractivity contribution in [2.75, 3.05) is 0 Å². The zero-order chi connectivity index (χ0) is 5.40. The summed E-state index contributed by atoms with van der Waals surface area (Å²) in [6.45, 7) is 0. The molecule has 0 aromatic heterocycles. The molecule has 1 aliphatic heterocycles. The molecule has 0 saturated carbocycles. The summed E-state index contributed by atoms with van der Waals surface area (Å²) in [6.07, 6.45) is 8.53. The summed E-state index contributed by atoms with van der Waals surface area (Å²) < 4.78 is 0. The summed E-state index contributed by atoms with van der Waals surface area (Å²) in [7, 11) is 0. The van der Waals surface area contributed by atoms with Gasteiger partial charge < -0.3 is 0 Å². The smallest absolute Gasteiger partial charge is 0.0621 e. The summed E-state index contributed by atoms with van der Waals surface area (Å²) in [4.78, 5) is 4.17. The van der Waals surface area contributed by atoms with Crippen LogP contribution in [0.15, 0.2) is 28.4 Å². The predicted octanol–water partition coefficient (Wildman–Crippen LogP) is 1.67. The lowest BCUT2D eigenvalue weighted by Crippen LogP contribution is -1.69. The Kier molecular flexibility index (Phi) is 0.668. The molecule has 1 aliphatic carbocycles. The summed E-state index contributed by atoms with van der Waals surface area (Å²) in [5.41, 5.74) is 2.63. The summed E-state index contributed by atoms with van der Waals surface area (Å²) in [5, 5.41) is 0. The van der Waals surface area contributed by atoms with E-state index in [1.54, 1.807) is 0 Å². The molecule has 1 heteroatoms. The first-order chi connectivity index (χ1) is 3.97. The van der Waals surface area contributed by atoms with Gasteiger partial charge in [-0.2, -0.15) is 0 Å². The van der Waals surface area contributed by atoms with Crippen LogP contribution in [0.5, 0.6) is 0 Å². The van der Waals surface area contributed by atoms with Crippen LogP contribution in [0.25, 0.3) is 0 Å². The maximum atomic E-state index is 4.17. The second-order valence-electron chi connectivity index (χ2n) is 2.07. The van der Waals surface area contributed by atoms with Crippen LogP contribution in [0.4, 0.5) is 0 Å². The molecule has 0 saturated heterocycles. The summed E-state index contributed by atoms with van der Waals surface area (Å²) >= 11 is 0. The van der Waals surface area contributed by atoms with Crippen LogP contribution in [0.3, 0.4) is 0 Å². The maximum Gasteiger partial charge on any atom is 0.0621 e. The molecule has 0 aromatic rings. The highest BCUT2D eigenvalue weighted by Gasteiger charge is 2.10. The van der Waals surface area contributed by atoms with E-state index in [0.29, 0.717) is 0 Å². The van der Waals surface area contributed by atoms with Crippen molar-refractivity contribution in [2.24, 2.45) is 4.99 Å². The average Bonchev–Trinajstić information content (AvgIpc) is 2.15. The van der Waals surface area contributed by atoms with E-state index >= 15 is 0 Å². The van der Waals surface area contributed by atoms with E-state index in [2.05, 4.69) is 17.1 Å². The third-order valence-corrected chi connectivity index (χ3v) is 1.55. The number of hydrogen-bond acceptors (Lipinski definition) is 1. The van der Waals surface area contributed by atoms with Gasteiger partial charge in [0, 0.05) is 12.6 Å². The van der Waals surface area contributed by atoms with E-state index in [9.17, 15) is 0 Å². The van der Waals surface area contributed by atoms with Gasteiger partial charge in [-0.15, -0.1) is 0 Å². The van der Waals surface area contributed by atoms with E-state index in [1.807, 2.05) is 6.21 Å². The molecule has 1 nitrogen and oxygen atoms in total. The van der Waals surface area contributed by atoms with Crippen molar-refractivity contribution in [1.82, 2.24) is 0 Å². The summed E-state index contributed by atoms with van der Waals surface area (Å²) in [6, 6.07) is 0. The van der Waals surface area contributed by atoms with Crippen molar-refractivity contribution in [2.45, 2.75) is 12.8 Å². The van der Waals surface area contributed by atoms with Crippen molar-refractivity contribution in [3.8, 4) is 0 Å². The van der Waals surface area contributed by atoms with Gasteiger partial charge in [0.25, 0.3) is 0 Å².